The van der Waals surface area contributed by atoms with Crippen molar-refractivity contribution in [1.29, 1.82) is 0 Å². The van der Waals surface area contributed by atoms with Crippen LogP contribution in [0.3, 0.4) is 0 Å². The van der Waals surface area contributed by atoms with E-state index >= 15 is 0 Å². The number of nitrogens with two attached hydrogens (primary N) is 1. The van der Waals surface area contributed by atoms with Gasteiger partial charge in [0, 0.05) is 31.2 Å². The predicted molar refractivity (Wildman–Crippen MR) is 68.5 cm³/mol. The van der Waals surface area contributed by atoms with Crippen molar-refractivity contribution in [2.75, 3.05) is 27.2 Å². The highest BCUT2D eigenvalue weighted by Gasteiger charge is 2.31. The molecule has 2 N–H and O–H groups in total. The highest BCUT2D eigenvalue weighted by Crippen LogP contribution is 2.23. The van der Waals surface area contributed by atoms with Gasteiger partial charge in [-0.25, -0.2) is 0 Å². The first kappa shape index (κ1) is 12.6. The van der Waals surface area contributed by atoms with E-state index in [-0.39, 0.29) is 0 Å². The number of hydrogen-bond donors (Lipinski definition) is 1. The van der Waals surface area contributed by atoms with Gasteiger partial charge in [0.1, 0.15) is 5.76 Å². The van der Waals surface area contributed by atoms with E-state index in [1.807, 2.05) is 6.07 Å². The second-order valence-corrected chi connectivity index (χ2v) is 5.28. The smallest absolute Gasteiger partial charge is 0.121 e. The molecule has 0 amide bonds. The van der Waals surface area contributed by atoms with Gasteiger partial charge in [0.25, 0.3) is 0 Å². The molecule has 2 heterocycles. The summed E-state index contributed by atoms with van der Waals surface area (Å²) in [5.74, 6) is 1.64. The molecule has 1 aromatic rings. The quantitative estimate of drug-likeness (QED) is 0.852. The number of furan rings is 1. The molecule has 1 aromatic heterocycles. The zero-order valence-corrected chi connectivity index (χ0v) is 11.0. The Morgan fingerprint density at radius 1 is 1.47 bits per heavy atom. The third-order valence-corrected chi connectivity index (χ3v) is 3.73. The predicted octanol–water partition coefficient (Wildman–Crippen LogP) is 1.12. The van der Waals surface area contributed by atoms with Crippen LogP contribution < -0.4 is 5.73 Å². The Morgan fingerprint density at radius 2 is 2.24 bits per heavy atom. The molecule has 0 spiro atoms. The summed E-state index contributed by atoms with van der Waals surface area (Å²) in [6.07, 6.45) is 1.74. The molecule has 1 fully saturated rings. The zero-order chi connectivity index (χ0) is 12.4. The zero-order valence-electron chi connectivity index (χ0n) is 11.0. The minimum atomic E-state index is 0.489. The molecule has 2 rings (SSSR count). The van der Waals surface area contributed by atoms with E-state index < -0.39 is 0 Å². The van der Waals surface area contributed by atoms with Crippen LogP contribution in [0.1, 0.15) is 18.2 Å². The number of likely N-dealkylation sites (N-methyl/N-ethyl adjacent to an activating group) is 1. The average molecular weight is 237 g/mol. The van der Waals surface area contributed by atoms with Crippen molar-refractivity contribution < 1.29 is 4.42 Å². The van der Waals surface area contributed by atoms with Crippen LogP contribution in [-0.2, 0) is 13.1 Å². The van der Waals surface area contributed by atoms with E-state index in [2.05, 4.69) is 30.8 Å². The third kappa shape index (κ3) is 2.70. The third-order valence-electron chi connectivity index (χ3n) is 3.73. The normalized spacial score (nSPS) is 25.9. The fraction of sp³-hybridized carbons (Fsp3) is 0.692. The number of hydrogen-bond acceptors (Lipinski definition) is 4. The van der Waals surface area contributed by atoms with Gasteiger partial charge in [0.15, 0.2) is 0 Å². The Bertz CT molecular complexity index is 361. The molecule has 2 atom stereocenters. The van der Waals surface area contributed by atoms with Crippen molar-refractivity contribution >= 4 is 0 Å². The largest absolute Gasteiger partial charge is 0.468 e. The molecule has 1 aliphatic rings. The fourth-order valence-electron chi connectivity index (χ4n) is 2.78. The summed E-state index contributed by atoms with van der Waals surface area (Å²) in [5.41, 5.74) is 6.89. The van der Waals surface area contributed by atoms with Gasteiger partial charge >= 0.3 is 0 Å². The van der Waals surface area contributed by atoms with E-state index in [1.165, 1.54) is 5.56 Å². The summed E-state index contributed by atoms with van der Waals surface area (Å²) in [7, 11) is 4.32. The van der Waals surface area contributed by atoms with Gasteiger partial charge in [0.05, 0.1) is 12.8 Å². The minimum Gasteiger partial charge on any atom is -0.468 e. The molecule has 17 heavy (non-hydrogen) atoms. The van der Waals surface area contributed by atoms with Crippen LogP contribution >= 0.6 is 0 Å². The van der Waals surface area contributed by atoms with Gasteiger partial charge in [-0.1, -0.05) is 6.92 Å². The fourth-order valence-corrected chi connectivity index (χ4v) is 2.78. The van der Waals surface area contributed by atoms with Gasteiger partial charge in [0.2, 0.25) is 0 Å². The van der Waals surface area contributed by atoms with E-state index in [1.54, 1.807) is 6.26 Å². The molecule has 0 aliphatic carbocycles. The Labute approximate surface area is 103 Å². The first-order valence-corrected chi connectivity index (χ1v) is 6.26. The summed E-state index contributed by atoms with van der Waals surface area (Å²) in [6, 6.07) is 2.69. The van der Waals surface area contributed by atoms with Crippen LogP contribution in [0, 0.1) is 5.92 Å². The van der Waals surface area contributed by atoms with Crippen LogP contribution in [0.2, 0.25) is 0 Å². The lowest BCUT2D eigenvalue weighted by molar-refractivity contribution is 0.250. The van der Waals surface area contributed by atoms with Gasteiger partial charge in [-0.2, -0.15) is 0 Å². The van der Waals surface area contributed by atoms with Crippen molar-refractivity contribution in [2.24, 2.45) is 11.7 Å². The standard InChI is InChI=1S/C13H23N3O/c1-10-7-16(9-12(10)15(2)3)8-11-4-5-17-13(11)6-14/h4-5,10,12H,6-9,14H2,1-3H3. The second kappa shape index (κ2) is 5.21. The Balaban J connectivity index is 1.97. The van der Waals surface area contributed by atoms with E-state index in [0.717, 1.165) is 31.3 Å². The minimum absolute atomic E-state index is 0.489. The van der Waals surface area contributed by atoms with Gasteiger partial charge < -0.3 is 15.1 Å². The van der Waals surface area contributed by atoms with Crippen molar-refractivity contribution in [2.45, 2.75) is 26.1 Å². The SMILES string of the molecule is CC1CN(Cc2ccoc2CN)CC1N(C)C. The van der Waals surface area contributed by atoms with Gasteiger partial charge in [-0.05, 0) is 26.1 Å². The summed E-state index contributed by atoms with van der Waals surface area (Å²) in [6.45, 7) is 6.05. The highest BCUT2D eigenvalue weighted by atomic mass is 16.3. The molecule has 0 aromatic carbocycles. The van der Waals surface area contributed by atoms with Crippen molar-refractivity contribution in [3.8, 4) is 0 Å². The number of nitrogens with zero attached hydrogens (tertiary/aromatic N) is 2. The molecule has 0 saturated carbocycles. The van der Waals surface area contributed by atoms with E-state index in [0.29, 0.717) is 12.6 Å². The van der Waals surface area contributed by atoms with Crippen molar-refractivity contribution in [3.63, 3.8) is 0 Å². The Morgan fingerprint density at radius 3 is 2.82 bits per heavy atom. The Kier molecular flexibility index (Phi) is 3.86. The lowest BCUT2D eigenvalue weighted by Gasteiger charge is -2.22. The maximum absolute atomic E-state index is 5.65. The van der Waals surface area contributed by atoms with Crippen LogP contribution in [0.25, 0.3) is 0 Å². The monoisotopic (exact) mass is 237 g/mol. The summed E-state index contributed by atoms with van der Waals surface area (Å²) >= 11 is 0. The van der Waals surface area contributed by atoms with Gasteiger partial charge in [-0.15, -0.1) is 0 Å². The van der Waals surface area contributed by atoms with Crippen molar-refractivity contribution in [1.82, 2.24) is 9.80 Å². The van der Waals surface area contributed by atoms with Crippen LogP contribution in [0.5, 0.6) is 0 Å². The van der Waals surface area contributed by atoms with Crippen LogP contribution in [-0.4, -0.2) is 43.0 Å². The maximum Gasteiger partial charge on any atom is 0.121 e. The van der Waals surface area contributed by atoms with Crippen molar-refractivity contribution in [3.05, 3.63) is 23.7 Å². The highest BCUT2D eigenvalue weighted by molar-refractivity contribution is 5.17. The topological polar surface area (TPSA) is 45.6 Å². The van der Waals surface area contributed by atoms with E-state index in [9.17, 15) is 0 Å². The molecule has 0 radical (unpaired) electrons. The molecular formula is C13H23N3O. The summed E-state index contributed by atoms with van der Waals surface area (Å²) < 4.78 is 5.36. The Hall–Kier alpha value is -0.840. The first-order chi connectivity index (χ1) is 8.11. The number of likely N-dealkylation sites (tertiary alicyclic amines) is 1. The lowest BCUT2D eigenvalue weighted by Crippen LogP contribution is -2.34. The van der Waals surface area contributed by atoms with Gasteiger partial charge in [-0.3, -0.25) is 4.90 Å². The van der Waals surface area contributed by atoms with Crippen LogP contribution in [0.15, 0.2) is 16.7 Å². The number of rotatable bonds is 4. The van der Waals surface area contributed by atoms with Crippen LogP contribution in [0.4, 0.5) is 0 Å². The first-order valence-electron chi connectivity index (χ1n) is 6.26. The molecule has 2 unspecified atom stereocenters. The summed E-state index contributed by atoms with van der Waals surface area (Å²) in [4.78, 5) is 4.81. The maximum atomic E-state index is 5.65. The molecule has 4 heteroatoms. The molecule has 0 bridgehead atoms. The summed E-state index contributed by atoms with van der Waals surface area (Å²) in [5, 5.41) is 0. The second-order valence-electron chi connectivity index (χ2n) is 5.28. The van der Waals surface area contributed by atoms with E-state index in [4.69, 9.17) is 10.2 Å². The molecule has 1 saturated heterocycles. The average Bonchev–Trinajstić information content (AvgIpc) is 2.85. The molecule has 4 nitrogen and oxygen atoms in total. The molecule has 1 aliphatic heterocycles. The molecule has 96 valence electrons. The lowest BCUT2D eigenvalue weighted by atomic mass is 10.1. The molecular weight excluding hydrogens is 214 g/mol.